The molecule has 132 valence electrons. The zero-order chi connectivity index (χ0) is 18.3. The lowest BCUT2D eigenvalue weighted by Gasteiger charge is -2.12. The predicted molar refractivity (Wildman–Crippen MR) is 94.1 cm³/mol. The van der Waals surface area contributed by atoms with Gasteiger partial charge in [-0.15, -0.1) is 0 Å². The Kier molecular flexibility index (Phi) is 6.39. The van der Waals surface area contributed by atoms with Gasteiger partial charge < -0.3 is 9.47 Å². The first-order valence-corrected chi connectivity index (χ1v) is 9.33. The van der Waals surface area contributed by atoms with Crippen molar-refractivity contribution in [2.24, 2.45) is 0 Å². The van der Waals surface area contributed by atoms with E-state index in [0.29, 0.717) is 18.1 Å². The van der Waals surface area contributed by atoms with Gasteiger partial charge in [0.05, 0.1) is 24.0 Å². The number of hydrogen-bond donors (Lipinski definition) is 1. The third-order valence-electron chi connectivity index (χ3n) is 3.26. The highest BCUT2D eigenvalue weighted by molar-refractivity contribution is 7.89. The van der Waals surface area contributed by atoms with E-state index in [0.717, 1.165) is 5.75 Å². The molecule has 2 rings (SSSR count). The summed E-state index contributed by atoms with van der Waals surface area (Å²) >= 11 is 0. The lowest BCUT2D eigenvalue weighted by Crippen LogP contribution is -2.32. The van der Waals surface area contributed by atoms with E-state index < -0.39 is 16.1 Å². The van der Waals surface area contributed by atoms with Crippen LogP contribution in [0.1, 0.15) is 20.3 Å². The van der Waals surface area contributed by atoms with Crippen molar-refractivity contribution in [3.63, 3.8) is 0 Å². The third-order valence-corrected chi connectivity index (χ3v) is 4.86. The molecule has 0 heterocycles. The third kappa shape index (κ3) is 5.48. The Bertz CT molecular complexity index is 825. The van der Waals surface area contributed by atoms with Crippen molar-refractivity contribution in [2.75, 3.05) is 6.61 Å². The molecule has 0 aromatic heterocycles. The van der Waals surface area contributed by atoms with Gasteiger partial charge in [-0.1, -0.05) is 0 Å². The van der Waals surface area contributed by atoms with E-state index in [2.05, 4.69) is 4.72 Å². The molecule has 0 saturated heterocycles. The molecule has 6 nitrogen and oxygen atoms in total. The number of nitrogens with zero attached hydrogens (tertiary/aromatic N) is 1. The zero-order valence-electron chi connectivity index (χ0n) is 14.1. The monoisotopic (exact) mass is 360 g/mol. The van der Waals surface area contributed by atoms with Crippen LogP contribution in [0.4, 0.5) is 0 Å². The fourth-order valence-electron chi connectivity index (χ4n) is 2.10. The van der Waals surface area contributed by atoms with Crippen molar-refractivity contribution >= 4 is 10.0 Å². The van der Waals surface area contributed by atoms with Gasteiger partial charge in [-0.05, 0) is 62.4 Å². The van der Waals surface area contributed by atoms with Gasteiger partial charge in [0.1, 0.15) is 17.2 Å². The summed E-state index contributed by atoms with van der Waals surface area (Å²) in [6.07, 6.45) is 0.109. The summed E-state index contributed by atoms with van der Waals surface area (Å²) in [6.45, 7) is 4.15. The Balaban J connectivity index is 2.05. The van der Waals surface area contributed by atoms with Crippen LogP contribution in [0.3, 0.4) is 0 Å². The van der Waals surface area contributed by atoms with Crippen LogP contribution in [-0.2, 0) is 10.0 Å². The first kappa shape index (κ1) is 18.8. The highest BCUT2D eigenvalue weighted by Crippen LogP contribution is 2.25. The second kappa shape index (κ2) is 8.51. The lowest BCUT2D eigenvalue weighted by molar-refractivity contribution is 0.339. The summed E-state index contributed by atoms with van der Waals surface area (Å²) in [7, 11) is -3.66. The predicted octanol–water partition coefficient (Wildman–Crippen LogP) is 3.46. The molecule has 0 unspecified atom stereocenters. The molecule has 2 aromatic carbocycles. The van der Waals surface area contributed by atoms with Crippen molar-refractivity contribution in [3.8, 4) is 23.3 Å². The van der Waals surface area contributed by atoms with E-state index >= 15 is 0 Å². The quantitative estimate of drug-likeness (QED) is 0.779. The normalized spacial score (nSPS) is 12.2. The van der Waals surface area contributed by atoms with Crippen LogP contribution in [0.2, 0.25) is 0 Å². The molecule has 0 aliphatic heterocycles. The minimum atomic E-state index is -3.66. The van der Waals surface area contributed by atoms with Crippen molar-refractivity contribution in [2.45, 2.75) is 31.2 Å². The Morgan fingerprint density at radius 3 is 2.08 bits per heavy atom. The second-order valence-corrected chi connectivity index (χ2v) is 7.08. The Morgan fingerprint density at radius 1 is 1.04 bits per heavy atom. The topological polar surface area (TPSA) is 88.4 Å². The summed E-state index contributed by atoms with van der Waals surface area (Å²) in [5.74, 6) is 1.90. The molecule has 0 saturated carbocycles. The van der Waals surface area contributed by atoms with E-state index in [1.165, 1.54) is 12.1 Å². The van der Waals surface area contributed by atoms with Gasteiger partial charge in [-0.2, -0.15) is 5.26 Å². The zero-order valence-corrected chi connectivity index (χ0v) is 14.9. The highest BCUT2D eigenvalue weighted by Gasteiger charge is 2.17. The number of hydrogen-bond acceptors (Lipinski definition) is 5. The lowest BCUT2D eigenvalue weighted by atomic mass is 10.3. The molecule has 1 atom stereocenters. The Morgan fingerprint density at radius 2 is 1.56 bits per heavy atom. The second-order valence-electron chi connectivity index (χ2n) is 5.36. The molecule has 0 radical (unpaired) electrons. The van der Waals surface area contributed by atoms with Crippen LogP contribution in [0.5, 0.6) is 17.2 Å². The van der Waals surface area contributed by atoms with E-state index in [1.54, 1.807) is 43.3 Å². The van der Waals surface area contributed by atoms with Gasteiger partial charge in [0, 0.05) is 6.04 Å². The van der Waals surface area contributed by atoms with Crippen LogP contribution >= 0.6 is 0 Å². The Labute approximate surface area is 148 Å². The molecule has 0 aliphatic carbocycles. The first-order valence-electron chi connectivity index (χ1n) is 7.84. The molecule has 0 bridgehead atoms. The standard InChI is InChI=1S/C18H20N2O4S/c1-3-23-15-4-6-16(7-5-15)24-17-8-10-18(11-9-17)25(21,22)20-14(2)12-13-19/h4-11,14,20H,3,12H2,1-2H3/t14-/m0/s1. The van der Waals surface area contributed by atoms with Gasteiger partial charge in [-0.25, -0.2) is 13.1 Å². The van der Waals surface area contributed by atoms with Crippen LogP contribution in [-0.4, -0.2) is 21.1 Å². The first-order chi connectivity index (χ1) is 11.9. The van der Waals surface area contributed by atoms with Crippen LogP contribution in [0.25, 0.3) is 0 Å². The molecule has 0 fully saturated rings. The van der Waals surface area contributed by atoms with Crippen molar-refractivity contribution < 1.29 is 17.9 Å². The number of benzene rings is 2. The van der Waals surface area contributed by atoms with Crippen molar-refractivity contribution in [3.05, 3.63) is 48.5 Å². The van der Waals surface area contributed by atoms with Gasteiger partial charge in [0.15, 0.2) is 0 Å². The number of sulfonamides is 1. The summed E-state index contributed by atoms with van der Waals surface area (Å²) in [5, 5.41) is 8.62. The molecule has 2 aromatic rings. The summed E-state index contributed by atoms with van der Waals surface area (Å²) in [4.78, 5) is 0.122. The van der Waals surface area contributed by atoms with Crippen molar-refractivity contribution in [1.29, 1.82) is 5.26 Å². The van der Waals surface area contributed by atoms with Crippen LogP contribution in [0, 0.1) is 11.3 Å². The maximum atomic E-state index is 12.2. The average molecular weight is 360 g/mol. The highest BCUT2D eigenvalue weighted by atomic mass is 32.2. The van der Waals surface area contributed by atoms with E-state index in [4.69, 9.17) is 14.7 Å². The number of nitriles is 1. The molecule has 7 heteroatoms. The average Bonchev–Trinajstić information content (AvgIpc) is 2.57. The summed E-state index contributed by atoms with van der Waals surface area (Å²) < 4.78 is 37.9. The van der Waals surface area contributed by atoms with E-state index in [-0.39, 0.29) is 11.3 Å². The van der Waals surface area contributed by atoms with Gasteiger partial charge in [0.25, 0.3) is 0 Å². The summed E-state index contributed by atoms with van der Waals surface area (Å²) in [6, 6.07) is 14.7. The Hall–Kier alpha value is -2.56. The van der Waals surface area contributed by atoms with E-state index in [9.17, 15) is 8.42 Å². The smallest absolute Gasteiger partial charge is 0.240 e. The van der Waals surface area contributed by atoms with Crippen LogP contribution in [0.15, 0.2) is 53.4 Å². The maximum absolute atomic E-state index is 12.2. The van der Waals surface area contributed by atoms with Gasteiger partial charge >= 0.3 is 0 Å². The molecule has 0 amide bonds. The van der Waals surface area contributed by atoms with E-state index in [1.807, 2.05) is 13.0 Å². The minimum Gasteiger partial charge on any atom is -0.494 e. The number of nitrogens with one attached hydrogen (secondary N) is 1. The number of rotatable bonds is 8. The van der Waals surface area contributed by atoms with Crippen molar-refractivity contribution in [1.82, 2.24) is 4.72 Å². The molecule has 25 heavy (non-hydrogen) atoms. The van der Waals surface area contributed by atoms with Crippen LogP contribution < -0.4 is 14.2 Å². The van der Waals surface area contributed by atoms with Gasteiger partial charge in [-0.3, -0.25) is 0 Å². The fraction of sp³-hybridized carbons (Fsp3) is 0.278. The largest absolute Gasteiger partial charge is 0.494 e. The fourth-order valence-corrected chi connectivity index (χ4v) is 3.35. The minimum absolute atomic E-state index is 0.109. The summed E-state index contributed by atoms with van der Waals surface area (Å²) in [5.41, 5.74) is 0. The number of ether oxygens (including phenoxy) is 2. The molecular formula is C18H20N2O4S. The molecule has 0 spiro atoms. The molecule has 1 N–H and O–H groups in total. The molecular weight excluding hydrogens is 340 g/mol. The maximum Gasteiger partial charge on any atom is 0.240 e. The van der Waals surface area contributed by atoms with Gasteiger partial charge in [0.2, 0.25) is 10.0 Å². The SMILES string of the molecule is CCOc1ccc(Oc2ccc(S(=O)(=O)N[C@@H](C)CC#N)cc2)cc1. The molecule has 0 aliphatic rings.